The van der Waals surface area contributed by atoms with Crippen molar-refractivity contribution >= 4 is 45.7 Å². The van der Waals surface area contributed by atoms with Crippen molar-refractivity contribution < 1.29 is 24.2 Å². The third-order valence-corrected chi connectivity index (χ3v) is 9.26. The molecule has 1 fully saturated rings. The molecule has 1 aliphatic rings. The van der Waals surface area contributed by atoms with Gasteiger partial charge < -0.3 is 14.6 Å². The van der Waals surface area contributed by atoms with Crippen LogP contribution in [0, 0.1) is 0 Å². The van der Waals surface area contributed by atoms with Crippen LogP contribution >= 0.6 is 23.1 Å². The molecule has 5 aromatic rings. The zero-order valence-corrected chi connectivity index (χ0v) is 26.0. The molecular weight excluding hydrogens is 607 g/mol. The minimum Gasteiger partial charge on any atom is -0.507 e. The lowest BCUT2D eigenvalue weighted by Gasteiger charge is -2.22. The van der Waals surface area contributed by atoms with E-state index in [1.165, 1.54) is 28.0 Å². The van der Waals surface area contributed by atoms with Crippen LogP contribution in [0.1, 0.15) is 35.2 Å². The Bertz CT molecular complexity index is 1810. The average molecular weight is 636 g/mol. The van der Waals surface area contributed by atoms with Gasteiger partial charge in [0.25, 0.3) is 5.78 Å². The van der Waals surface area contributed by atoms with Crippen LogP contribution in [0.4, 0.5) is 5.13 Å². The quantitative estimate of drug-likeness (QED) is 0.0526. The number of aromatic nitrogens is 2. The molecule has 1 unspecified atom stereocenters. The van der Waals surface area contributed by atoms with E-state index in [4.69, 9.17) is 9.47 Å². The van der Waals surface area contributed by atoms with Gasteiger partial charge in [0, 0.05) is 11.3 Å². The van der Waals surface area contributed by atoms with Gasteiger partial charge in [-0.1, -0.05) is 95.9 Å². The fourth-order valence-electron chi connectivity index (χ4n) is 4.94. The van der Waals surface area contributed by atoms with Crippen molar-refractivity contribution in [1.29, 1.82) is 0 Å². The van der Waals surface area contributed by atoms with E-state index < -0.39 is 17.7 Å². The highest BCUT2D eigenvalue weighted by molar-refractivity contribution is 8.00. The van der Waals surface area contributed by atoms with Crippen molar-refractivity contribution in [3.05, 3.63) is 137 Å². The maximum Gasteiger partial charge on any atom is 0.301 e. The third kappa shape index (κ3) is 6.77. The van der Waals surface area contributed by atoms with Gasteiger partial charge in [-0.15, -0.1) is 10.2 Å². The molecule has 1 saturated heterocycles. The number of hydrogen-bond acceptors (Lipinski definition) is 9. The second-order valence-corrected chi connectivity index (χ2v) is 12.3. The maximum atomic E-state index is 13.6. The summed E-state index contributed by atoms with van der Waals surface area (Å²) >= 11 is 2.73. The van der Waals surface area contributed by atoms with Gasteiger partial charge in [-0.3, -0.25) is 14.5 Å². The number of hydrogen-bond donors (Lipinski definition) is 1. The minimum atomic E-state index is -0.931. The molecular formula is C35H29N3O5S2. The molecule has 45 heavy (non-hydrogen) atoms. The number of nitrogens with zero attached hydrogens (tertiary/aromatic N) is 3. The van der Waals surface area contributed by atoms with E-state index in [9.17, 15) is 14.7 Å². The maximum absolute atomic E-state index is 13.6. The standard InChI is InChI=1S/C35H29N3O5S2/c1-2-42-27-19-15-26(16-20-27)31(39)29-30(25-13-17-28(18-14-25)43-21-23-9-5-3-6-10-23)38(33(41)32(29)40)34-36-37-35(45-34)44-22-24-11-7-4-8-12-24/h3-20,30,39H,2,21-22H2,1H3/b31-29-. The monoisotopic (exact) mass is 635 g/mol. The van der Waals surface area contributed by atoms with Crippen LogP contribution in [0.25, 0.3) is 5.76 Å². The topological polar surface area (TPSA) is 102 Å². The first-order chi connectivity index (χ1) is 22.0. The predicted octanol–water partition coefficient (Wildman–Crippen LogP) is 7.43. The Hall–Kier alpha value is -4.93. The van der Waals surface area contributed by atoms with Gasteiger partial charge in [-0.25, -0.2) is 0 Å². The minimum absolute atomic E-state index is 0.0317. The largest absolute Gasteiger partial charge is 0.507 e. The van der Waals surface area contributed by atoms with E-state index in [-0.39, 0.29) is 16.5 Å². The van der Waals surface area contributed by atoms with Crippen LogP contribution in [0.2, 0.25) is 0 Å². The van der Waals surface area contributed by atoms with E-state index in [0.717, 1.165) is 11.1 Å². The summed E-state index contributed by atoms with van der Waals surface area (Å²) < 4.78 is 12.1. The number of ether oxygens (including phenoxy) is 2. The van der Waals surface area contributed by atoms with Gasteiger partial charge in [-0.05, 0) is 60.0 Å². The number of amides is 1. The number of aliphatic hydroxyl groups is 1. The van der Waals surface area contributed by atoms with Crippen LogP contribution in [0.15, 0.2) is 119 Å². The Morgan fingerprint density at radius 1 is 0.822 bits per heavy atom. The fourth-order valence-corrected chi connectivity index (χ4v) is 6.76. The Balaban J connectivity index is 1.33. The van der Waals surface area contributed by atoms with Gasteiger partial charge in [0.1, 0.15) is 23.9 Å². The number of carbonyl (C=O) groups is 2. The summed E-state index contributed by atoms with van der Waals surface area (Å²) in [6.45, 7) is 2.77. The Morgan fingerprint density at radius 2 is 1.44 bits per heavy atom. The van der Waals surface area contributed by atoms with Gasteiger partial charge in [-0.2, -0.15) is 0 Å². The van der Waals surface area contributed by atoms with E-state index in [2.05, 4.69) is 10.2 Å². The van der Waals surface area contributed by atoms with Crippen LogP contribution in [-0.2, 0) is 21.9 Å². The lowest BCUT2D eigenvalue weighted by atomic mass is 9.95. The number of benzene rings is 4. The molecule has 0 radical (unpaired) electrons. The molecule has 6 rings (SSSR count). The van der Waals surface area contributed by atoms with Crippen molar-refractivity contribution in [2.45, 2.75) is 29.7 Å². The van der Waals surface area contributed by atoms with Crippen LogP contribution in [0.3, 0.4) is 0 Å². The molecule has 1 N–H and O–H groups in total. The Labute approximate surface area is 269 Å². The van der Waals surface area contributed by atoms with Crippen molar-refractivity contribution in [2.24, 2.45) is 0 Å². The number of aliphatic hydroxyl groups excluding tert-OH is 1. The first kappa shape index (κ1) is 30.1. The summed E-state index contributed by atoms with van der Waals surface area (Å²) in [7, 11) is 0. The summed E-state index contributed by atoms with van der Waals surface area (Å²) in [5, 5.41) is 20.4. The number of ketones is 1. The number of rotatable bonds is 11. The van der Waals surface area contributed by atoms with Crippen molar-refractivity contribution in [3.8, 4) is 11.5 Å². The van der Waals surface area contributed by atoms with Crippen molar-refractivity contribution in [2.75, 3.05) is 11.5 Å². The van der Waals surface area contributed by atoms with Gasteiger partial charge in [0.15, 0.2) is 4.34 Å². The van der Waals surface area contributed by atoms with Crippen LogP contribution in [0.5, 0.6) is 11.5 Å². The number of anilines is 1. The summed E-state index contributed by atoms with van der Waals surface area (Å²) in [6.07, 6.45) is 0. The molecule has 8 nitrogen and oxygen atoms in total. The molecule has 0 bridgehead atoms. The highest BCUT2D eigenvalue weighted by Crippen LogP contribution is 2.44. The molecule has 1 atom stereocenters. The predicted molar refractivity (Wildman–Crippen MR) is 176 cm³/mol. The summed E-state index contributed by atoms with van der Waals surface area (Å²) in [5.41, 5.74) is 3.13. The van der Waals surface area contributed by atoms with Gasteiger partial charge in [0.2, 0.25) is 5.13 Å². The van der Waals surface area contributed by atoms with Crippen LogP contribution < -0.4 is 14.4 Å². The first-order valence-electron chi connectivity index (χ1n) is 14.3. The SMILES string of the molecule is CCOc1ccc(/C(O)=C2/C(=O)C(=O)N(c3nnc(SCc4ccccc4)s3)C2c2ccc(OCc3ccccc3)cc2)cc1. The molecule has 10 heteroatoms. The number of thioether (sulfide) groups is 1. The molecule has 1 amide bonds. The lowest BCUT2D eigenvalue weighted by Crippen LogP contribution is -2.29. The molecule has 2 heterocycles. The molecule has 0 spiro atoms. The number of carbonyl (C=O) groups excluding carboxylic acids is 2. The summed E-state index contributed by atoms with van der Waals surface area (Å²) in [4.78, 5) is 28.5. The van der Waals surface area contributed by atoms with Gasteiger partial charge >= 0.3 is 5.91 Å². The zero-order chi connectivity index (χ0) is 31.2. The van der Waals surface area contributed by atoms with Crippen molar-refractivity contribution in [1.82, 2.24) is 10.2 Å². The zero-order valence-electron chi connectivity index (χ0n) is 24.3. The van der Waals surface area contributed by atoms with E-state index in [1.54, 1.807) is 48.5 Å². The van der Waals surface area contributed by atoms with E-state index in [1.807, 2.05) is 67.6 Å². The summed E-state index contributed by atoms with van der Waals surface area (Å²) in [5.74, 6) is 0.0710. The third-order valence-electron chi connectivity index (χ3n) is 7.13. The average Bonchev–Trinajstić information content (AvgIpc) is 3.65. The molecule has 0 aliphatic carbocycles. The number of Topliss-reactive ketones (excluding diaryl/α,β-unsaturated/α-hetero) is 1. The molecule has 1 aliphatic heterocycles. The normalized spacial score (nSPS) is 15.8. The van der Waals surface area contributed by atoms with Crippen LogP contribution in [-0.4, -0.2) is 33.6 Å². The molecule has 226 valence electrons. The van der Waals surface area contributed by atoms with Gasteiger partial charge in [0.05, 0.1) is 18.2 Å². The second-order valence-electron chi connectivity index (χ2n) is 10.1. The lowest BCUT2D eigenvalue weighted by molar-refractivity contribution is -0.132. The summed E-state index contributed by atoms with van der Waals surface area (Å²) in [6, 6.07) is 32.8. The van der Waals surface area contributed by atoms with E-state index in [0.29, 0.717) is 45.9 Å². The Morgan fingerprint density at radius 3 is 2.11 bits per heavy atom. The van der Waals surface area contributed by atoms with E-state index >= 15 is 0 Å². The molecule has 1 aromatic heterocycles. The Kier molecular flexibility index (Phi) is 9.23. The highest BCUT2D eigenvalue weighted by Gasteiger charge is 2.48. The smallest absolute Gasteiger partial charge is 0.301 e. The molecule has 4 aromatic carbocycles. The second kappa shape index (κ2) is 13.8. The highest BCUT2D eigenvalue weighted by atomic mass is 32.2. The first-order valence-corrected chi connectivity index (χ1v) is 16.1. The molecule has 0 saturated carbocycles. The fraction of sp³-hybridized carbons (Fsp3) is 0.143. The van der Waals surface area contributed by atoms with Crippen molar-refractivity contribution in [3.63, 3.8) is 0 Å².